The molecule has 3 rings (SSSR count). The van der Waals surface area contributed by atoms with Gasteiger partial charge in [-0.3, -0.25) is 4.98 Å². The van der Waals surface area contributed by atoms with Crippen molar-refractivity contribution in [1.82, 2.24) is 19.9 Å². The molecule has 0 aliphatic heterocycles. The SMILES string of the molecule is Cc1ncc(NCc2csc(-c3ccccn3)n2)cn1. The Morgan fingerprint density at radius 1 is 1.15 bits per heavy atom. The van der Waals surface area contributed by atoms with E-state index in [2.05, 4.69) is 25.3 Å². The van der Waals surface area contributed by atoms with Crippen molar-refractivity contribution in [2.45, 2.75) is 13.5 Å². The Kier molecular flexibility index (Phi) is 3.64. The van der Waals surface area contributed by atoms with E-state index in [-0.39, 0.29) is 0 Å². The van der Waals surface area contributed by atoms with Gasteiger partial charge in [0.05, 0.1) is 36.0 Å². The quantitative estimate of drug-likeness (QED) is 0.797. The fourth-order valence-electron chi connectivity index (χ4n) is 1.67. The van der Waals surface area contributed by atoms with Gasteiger partial charge >= 0.3 is 0 Å². The van der Waals surface area contributed by atoms with Crippen molar-refractivity contribution in [3.05, 3.63) is 53.7 Å². The summed E-state index contributed by atoms with van der Waals surface area (Å²) in [6, 6.07) is 5.83. The Labute approximate surface area is 120 Å². The first-order valence-corrected chi connectivity index (χ1v) is 7.07. The van der Waals surface area contributed by atoms with Crippen LogP contribution in [0.4, 0.5) is 5.69 Å². The summed E-state index contributed by atoms with van der Waals surface area (Å²) in [6.07, 6.45) is 5.32. The first-order valence-electron chi connectivity index (χ1n) is 6.19. The van der Waals surface area contributed by atoms with E-state index in [4.69, 9.17) is 0 Å². The predicted molar refractivity (Wildman–Crippen MR) is 79.4 cm³/mol. The highest BCUT2D eigenvalue weighted by Crippen LogP contribution is 2.21. The number of aromatic nitrogens is 4. The second-order valence-electron chi connectivity index (χ2n) is 4.23. The predicted octanol–water partition coefficient (Wildman–Crippen LogP) is 2.92. The molecule has 0 saturated carbocycles. The van der Waals surface area contributed by atoms with Crippen LogP contribution >= 0.6 is 11.3 Å². The molecule has 1 N–H and O–H groups in total. The van der Waals surface area contributed by atoms with Gasteiger partial charge in [-0.15, -0.1) is 11.3 Å². The number of aryl methyl sites for hydroxylation is 1. The highest BCUT2D eigenvalue weighted by atomic mass is 32.1. The molecule has 5 nitrogen and oxygen atoms in total. The number of hydrogen-bond donors (Lipinski definition) is 1. The molecule has 0 aliphatic carbocycles. The lowest BCUT2D eigenvalue weighted by Gasteiger charge is -2.03. The molecule has 0 saturated heterocycles. The van der Waals surface area contributed by atoms with Crippen LogP contribution in [-0.4, -0.2) is 19.9 Å². The Bertz CT molecular complexity index is 678. The van der Waals surface area contributed by atoms with E-state index in [0.717, 1.165) is 27.9 Å². The topological polar surface area (TPSA) is 63.6 Å². The molecule has 100 valence electrons. The van der Waals surface area contributed by atoms with Gasteiger partial charge in [0, 0.05) is 11.6 Å². The molecule has 0 spiro atoms. The van der Waals surface area contributed by atoms with Gasteiger partial charge in [-0.25, -0.2) is 15.0 Å². The first-order chi connectivity index (χ1) is 9.81. The van der Waals surface area contributed by atoms with Crippen LogP contribution in [0.15, 0.2) is 42.2 Å². The highest BCUT2D eigenvalue weighted by Gasteiger charge is 2.05. The zero-order chi connectivity index (χ0) is 13.8. The minimum atomic E-state index is 0.649. The van der Waals surface area contributed by atoms with Crippen LogP contribution in [0.2, 0.25) is 0 Å². The van der Waals surface area contributed by atoms with E-state index in [1.807, 2.05) is 30.5 Å². The summed E-state index contributed by atoms with van der Waals surface area (Å²) in [6.45, 7) is 2.51. The smallest absolute Gasteiger partial charge is 0.142 e. The van der Waals surface area contributed by atoms with Crippen molar-refractivity contribution in [1.29, 1.82) is 0 Å². The Hall–Kier alpha value is -2.34. The van der Waals surface area contributed by atoms with E-state index in [1.165, 1.54) is 0 Å². The summed E-state index contributed by atoms with van der Waals surface area (Å²) >= 11 is 1.60. The van der Waals surface area contributed by atoms with E-state index >= 15 is 0 Å². The lowest BCUT2D eigenvalue weighted by molar-refractivity contribution is 1.02. The van der Waals surface area contributed by atoms with Gasteiger partial charge in [0.25, 0.3) is 0 Å². The largest absolute Gasteiger partial charge is 0.377 e. The maximum atomic E-state index is 4.57. The summed E-state index contributed by atoms with van der Waals surface area (Å²) in [7, 11) is 0. The summed E-state index contributed by atoms with van der Waals surface area (Å²) in [5.74, 6) is 0.765. The second-order valence-corrected chi connectivity index (χ2v) is 5.09. The minimum Gasteiger partial charge on any atom is -0.377 e. The standard InChI is InChI=1S/C14H13N5S/c1-10-16-6-11(7-17-10)18-8-12-9-20-14(19-12)13-4-2-3-5-15-13/h2-7,9,18H,8H2,1H3. The number of hydrogen-bond acceptors (Lipinski definition) is 6. The average molecular weight is 283 g/mol. The normalized spacial score (nSPS) is 10.4. The number of rotatable bonds is 4. The Morgan fingerprint density at radius 2 is 2.00 bits per heavy atom. The molecular weight excluding hydrogens is 270 g/mol. The zero-order valence-corrected chi connectivity index (χ0v) is 11.8. The van der Waals surface area contributed by atoms with Crippen LogP contribution in [-0.2, 0) is 6.54 Å². The van der Waals surface area contributed by atoms with Gasteiger partial charge in [0.2, 0.25) is 0 Å². The molecule has 6 heteroatoms. The molecule has 3 heterocycles. The molecule has 0 fully saturated rings. The third kappa shape index (κ3) is 2.97. The van der Waals surface area contributed by atoms with Gasteiger partial charge < -0.3 is 5.32 Å². The number of nitrogens with zero attached hydrogens (tertiary/aromatic N) is 4. The second kappa shape index (κ2) is 5.75. The van der Waals surface area contributed by atoms with Crippen LogP contribution in [0.25, 0.3) is 10.7 Å². The van der Waals surface area contributed by atoms with Crippen LogP contribution in [0.3, 0.4) is 0 Å². The van der Waals surface area contributed by atoms with Crippen molar-refractivity contribution < 1.29 is 0 Å². The zero-order valence-electron chi connectivity index (χ0n) is 10.9. The van der Waals surface area contributed by atoms with Gasteiger partial charge in [0.1, 0.15) is 10.8 Å². The summed E-state index contributed by atoms with van der Waals surface area (Å²) in [5.41, 5.74) is 2.78. The Balaban J connectivity index is 1.67. The van der Waals surface area contributed by atoms with Gasteiger partial charge in [-0.1, -0.05) is 6.07 Å². The van der Waals surface area contributed by atoms with Gasteiger partial charge in [0.15, 0.2) is 0 Å². The molecule has 0 amide bonds. The Morgan fingerprint density at radius 3 is 2.75 bits per heavy atom. The molecule has 0 aliphatic rings. The third-order valence-corrected chi connectivity index (χ3v) is 3.60. The highest BCUT2D eigenvalue weighted by molar-refractivity contribution is 7.13. The molecule has 0 aromatic carbocycles. The molecular formula is C14H13N5S. The fourth-order valence-corrected chi connectivity index (χ4v) is 2.47. The lowest BCUT2D eigenvalue weighted by Crippen LogP contribution is -2.01. The molecule has 3 aromatic heterocycles. The number of nitrogens with one attached hydrogen (secondary N) is 1. The molecule has 0 atom stereocenters. The maximum Gasteiger partial charge on any atom is 0.142 e. The number of pyridine rings is 1. The van der Waals surface area contributed by atoms with Crippen LogP contribution < -0.4 is 5.32 Å². The van der Waals surface area contributed by atoms with Crippen molar-refractivity contribution >= 4 is 17.0 Å². The van der Waals surface area contributed by atoms with Crippen molar-refractivity contribution in [3.8, 4) is 10.7 Å². The van der Waals surface area contributed by atoms with Gasteiger partial charge in [-0.2, -0.15) is 0 Å². The van der Waals surface area contributed by atoms with Crippen LogP contribution in [0.1, 0.15) is 11.5 Å². The minimum absolute atomic E-state index is 0.649. The van der Waals surface area contributed by atoms with E-state index in [1.54, 1.807) is 29.9 Å². The monoisotopic (exact) mass is 283 g/mol. The fraction of sp³-hybridized carbons (Fsp3) is 0.143. The molecule has 0 unspecified atom stereocenters. The summed E-state index contributed by atoms with van der Waals surface area (Å²) < 4.78 is 0. The summed E-state index contributed by atoms with van der Waals surface area (Å²) in [4.78, 5) is 17.1. The van der Waals surface area contributed by atoms with E-state index in [9.17, 15) is 0 Å². The molecule has 0 bridgehead atoms. The first kappa shape index (κ1) is 12.7. The molecule has 0 radical (unpaired) electrons. The van der Waals surface area contributed by atoms with E-state index < -0.39 is 0 Å². The third-order valence-electron chi connectivity index (χ3n) is 2.69. The molecule has 20 heavy (non-hydrogen) atoms. The average Bonchev–Trinajstić information content (AvgIpc) is 2.97. The van der Waals surface area contributed by atoms with Gasteiger partial charge in [-0.05, 0) is 19.1 Å². The van der Waals surface area contributed by atoms with Crippen molar-refractivity contribution in [3.63, 3.8) is 0 Å². The summed E-state index contributed by atoms with van der Waals surface area (Å²) in [5, 5.41) is 6.22. The number of anilines is 1. The van der Waals surface area contributed by atoms with E-state index in [0.29, 0.717) is 6.54 Å². The molecule has 3 aromatic rings. The van der Waals surface area contributed by atoms with Crippen LogP contribution in [0.5, 0.6) is 0 Å². The van der Waals surface area contributed by atoms with Crippen molar-refractivity contribution in [2.24, 2.45) is 0 Å². The van der Waals surface area contributed by atoms with Crippen LogP contribution in [0, 0.1) is 6.92 Å². The number of thiazole rings is 1. The lowest BCUT2D eigenvalue weighted by atomic mass is 10.3. The maximum absolute atomic E-state index is 4.57. The van der Waals surface area contributed by atoms with Crippen molar-refractivity contribution in [2.75, 3.05) is 5.32 Å².